The van der Waals surface area contributed by atoms with E-state index in [9.17, 15) is 14.4 Å². The molecule has 6 nitrogen and oxygen atoms in total. The molecule has 0 bridgehead atoms. The van der Waals surface area contributed by atoms with Crippen molar-refractivity contribution < 1.29 is 28.6 Å². The van der Waals surface area contributed by atoms with Gasteiger partial charge in [-0.1, -0.05) is 315 Å². The van der Waals surface area contributed by atoms with Crippen molar-refractivity contribution in [1.29, 1.82) is 0 Å². The minimum atomic E-state index is -0.768. The van der Waals surface area contributed by atoms with E-state index in [2.05, 4.69) is 32.9 Å². The third-order valence-electron chi connectivity index (χ3n) is 14.8. The molecule has 0 aromatic heterocycles. The number of carbonyl (C=O) groups is 3. The number of hydrogen-bond donors (Lipinski definition) is 0. The molecule has 420 valence electrons. The van der Waals surface area contributed by atoms with Crippen LogP contribution in [0.5, 0.6) is 0 Å². The summed E-state index contributed by atoms with van der Waals surface area (Å²) in [6.45, 7) is 6.70. The van der Waals surface area contributed by atoms with E-state index in [0.717, 1.165) is 64.2 Å². The Hall–Kier alpha value is -1.85. The maximum atomic E-state index is 12.9. The highest BCUT2D eigenvalue weighted by molar-refractivity contribution is 5.71. The molecule has 0 unspecified atom stereocenters. The summed E-state index contributed by atoms with van der Waals surface area (Å²) in [5.74, 6) is -0.844. The third-order valence-corrected chi connectivity index (χ3v) is 14.8. The molecule has 0 aliphatic carbocycles. The number of ether oxygens (including phenoxy) is 3. The molecule has 0 saturated heterocycles. The van der Waals surface area contributed by atoms with Gasteiger partial charge in [-0.3, -0.25) is 14.4 Å². The van der Waals surface area contributed by atoms with Crippen LogP contribution in [0.2, 0.25) is 0 Å². The Morgan fingerprint density at radius 1 is 0.268 bits per heavy atom. The van der Waals surface area contributed by atoms with E-state index in [1.807, 2.05) is 0 Å². The van der Waals surface area contributed by atoms with Crippen LogP contribution in [-0.2, 0) is 28.6 Å². The second-order valence-electron chi connectivity index (χ2n) is 22.0. The van der Waals surface area contributed by atoms with Crippen LogP contribution in [0.3, 0.4) is 0 Å². The van der Waals surface area contributed by atoms with Gasteiger partial charge in [0.05, 0.1) is 0 Å². The molecule has 0 saturated carbocycles. The minimum Gasteiger partial charge on any atom is -0.462 e. The molecule has 0 aromatic rings. The van der Waals surface area contributed by atoms with Gasteiger partial charge in [-0.15, -0.1) is 0 Å². The quantitative estimate of drug-likeness (QED) is 0.0261. The first-order valence-corrected chi connectivity index (χ1v) is 32.2. The first-order chi connectivity index (χ1) is 35.0. The van der Waals surface area contributed by atoms with Crippen molar-refractivity contribution in [2.45, 2.75) is 374 Å². The topological polar surface area (TPSA) is 78.9 Å². The Labute approximate surface area is 443 Å². The van der Waals surface area contributed by atoms with Crippen LogP contribution in [-0.4, -0.2) is 37.2 Å². The Morgan fingerprint density at radius 3 is 0.718 bits per heavy atom. The molecule has 0 aliphatic rings. The maximum absolute atomic E-state index is 12.9. The molecule has 0 heterocycles. The van der Waals surface area contributed by atoms with Gasteiger partial charge < -0.3 is 14.2 Å². The fourth-order valence-electron chi connectivity index (χ4n) is 9.91. The van der Waals surface area contributed by atoms with Crippen molar-refractivity contribution >= 4 is 17.9 Å². The van der Waals surface area contributed by atoms with Crippen molar-refractivity contribution in [3.63, 3.8) is 0 Å². The minimum absolute atomic E-state index is 0.0660. The lowest BCUT2D eigenvalue weighted by Crippen LogP contribution is -2.30. The van der Waals surface area contributed by atoms with Crippen molar-refractivity contribution in [2.75, 3.05) is 13.2 Å². The van der Waals surface area contributed by atoms with Gasteiger partial charge in [0.1, 0.15) is 13.2 Å². The molecule has 0 fully saturated rings. The van der Waals surface area contributed by atoms with Gasteiger partial charge in [-0.05, 0) is 44.9 Å². The highest BCUT2D eigenvalue weighted by Gasteiger charge is 2.19. The highest BCUT2D eigenvalue weighted by atomic mass is 16.6. The van der Waals surface area contributed by atoms with Crippen LogP contribution in [0, 0.1) is 0 Å². The lowest BCUT2D eigenvalue weighted by molar-refractivity contribution is -0.167. The first kappa shape index (κ1) is 69.2. The van der Waals surface area contributed by atoms with Crippen molar-refractivity contribution in [3.05, 3.63) is 12.2 Å². The lowest BCUT2D eigenvalue weighted by atomic mass is 10.0. The van der Waals surface area contributed by atoms with Crippen LogP contribution in [0.15, 0.2) is 12.2 Å². The molecule has 0 radical (unpaired) electrons. The number of esters is 3. The molecular weight excluding hydrogens is 877 g/mol. The van der Waals surface area contributed by atoms with Gasteiger partial charge in [-0.2, -0.15) is 0 Å². The lowest BCUT2D eigenvalue weighted by Gasteiger charge is -2.18. The number of hydrogen-bond acceptors (Lipinski definition) is 6. The number of unbranched alkanes of at least 4 members (excludes halogenated alkanes) is 47. The Balaban J connectivity index is 4.25. The summed E-state index contributed by atoms with van der Waals surface area (Å²) >= 11 is 0. The fourth-order valence-corrected chi connectivity index (χ4v) is 9.91. The highest BCUT2D eigenvalue weighted by Crippen LogP contribution is 2.18. The maximum Gasteiger partial charge on any atom is 0.306 e. The average Bonchev–Trinajstić information content (AvgIpc) is 3.37. The summed E-state index contributed by atoms with van der Waals surface area (Å²) in [7, 11) is 0. The summed E-state index contributed by atoms with van der Waals surface area (Å²) < 4.78 is 16.9. The van der Waals surface area contributed by atoms with Gasteiger partial charge in [-0.25, -0.2) is 0 Å². The summed E-state index contributed by atoms with van der Waals surface area (Å²) in [4.78, 5) is 38.3. The van der Waals surface area contributed by atoms with Gasteiger partial charge >= 0.3 is 17.9 Å². The van der Waals surface area contributed by atoms with E-state index in [4.69, 9.17) is 14.2 Å². The standard InChI is InChI=1S/C65H124O6/c1-4-7-10-13-16-19-22-25-27-29-31-32-34-35-37-40-43-46-49-52-55-58-64(67)70-61-62(60-69-63(66)57-54-51-48-45-42-39-24-21-18-15-12-9-6-3)71-65(68)59-56-53-50-47-44-41-38-36-33-30-28-26-23-20-17-14-11-8-5-2/h21,24,62H,4-20,22-23,25-61H2,1-3H3/b24-21-/t62-/m1/s1. The van der Waals surface area contributed by atoms with Crippen LogP contribution < -0.4 is 0 Å². The van der Waals surface area contributed by atoms with Crippen molar-refractivity contribution in [3.8, 4) is 0 Å². The third kappa shape index (κ3) is 58.9. The fraction of sp³-hybridized carbons (Fsp3) is 0.923. The number of allylic oxidation sites excluding steroid dienone is 2. The van der Waals surface area contributed by atoms with Crippen LogP contribution in [0.25, 0.3) is 0 Å². The van der Waals surface area contributed by atoms with Gasteiger partial charge in [0, 0.05) is 19.3 Å². The largest absolute Gasteiger partial charge is 0.462 e. The number of rotatable bonds is 60. The van der Waals surface area contributed by atoms with Crippen LogP contribution in [0.1, 0.15) is 367 Å². The second kappa shape index (κ2) is 60.7. The zero-order chi connectivity index (χ0) is 51.4. The van der Waals surface area contributed by atoms with Gasteiger partial charge in [0.25, 0.3) is 0 Å². The predicted molar refractivity (Wildman–Crippen MR) is 307 cm³/mol. The van der Waals surface area contributed by atoms with Gasteiger partial charge in [0.2, 0.25) is 0 Å². The molecule has 0 spiro atoms. The van der Waals surface area contributed by atoms with E-state index in [-0.39, 0.29) is 31.1 Å². The summed E-state index contributed by atoms with van der Waals surface area (Å²) in [6.07, 6.45) is 70.8. The van der Waals surface area contributed by atoms with E-state index in [1.165, 1.54) is 263 Å². The molecular formula is C65H124O6. The molecule has 0 N–H and O–H groups in total. The zero-order valence-corrected chi connectivity index (χ0v) is 48.3. The number of carbonyl (C=O) groups excluding carboxylic acids is 3. The van der Waals surface area contributed by atoms with E-state index < -0.39 is 6.10 Å². The van der Waals surface area contributed by atoms with Crippen molar-refractivity contribution in [1.82, 2.24) is 0 Å². The predicted octanol–water partition coefficient (Wildman–Crippen LogP) is 21.7. The second-order valence-corrected chi connectivity index (χ2v) is 22.0. The normalized spacial score (nSPS) is 12.0. The smallest absolute Gasteiger partial charge is 0.306 e. The summed E-state index contributed by atoms with van der Waals surface area (Å²) in [6, 6.07) is 0. The van der Waals surface area contributed by atoms with Gasteiger partial charge in [0.15, 0.2) is 6.10 Å². The van der Waals surface area contributed by atoms with E-state index >= 15 is 0 Å². The van der Waals surface area contributed by atoms with E-state index in [1.54, 1.807) is 0 Å². The Bertz CT molecular complexity index is 1100. The molecule has 71 heavy (non-hydrogen) atoms. The molecule has 1 atom stereocenters. The SMILES string of the molecule is CCCCCC/C=C\CCCCCCCC(=O)OC[C@H](COC(=O)CCCCCCCCCCCCCCCCCCCCCCC)OC(=O)CCCCCCCCCCCCCCCCCCCCC. The van der Waals surface area contributed by atoms with E-state index in [0.29, 0.717) is 19.3 Å². The molecule has 0 aliphatic heterocycles. The average molecular weight is 1000 g/mol. The molecule has 0 rings (SSSR count). The van der Waals surface area contributed by atoms with Crippen LogP contribution >= 0.6 is 0 Å². The first-order valence-electron chi connectivity index (χ1n) is 32.2. The molecule has 0 amide bonds. The van der Waals surface area contributed by atoms with Crippen LogP contribution in [0.4, 0.5) is 0 Å². The summed E-state index contributed by atoms with van der Waals surface area (Å²) in [5.41, 5.74) is 0. The molecule has 6 heteroatoms. The monoisotopic (exact) mass is 1000 g/mol. The molecule has 0 aromatic carbocycles. The Morgan fingerprint density at radius 2 is 0.465 bits per heavy atom. The Kier molecular flexibility index (Phi) is 59.1. The zero-order valence-electron chi connectivity index (χ0n) is 48.3. The summed E-state index contributed by atoms with van der Waals surface area (Å²) in [5, 5.41) is 0. The van der Waals surface area contributed by atoms with Crippen molar-refractivity contribution in [2.24, 2.45) is 0 Å².